The van der Waals surface area contributed by atoms with Gasteiger partial charge in [-0.25, -0.2) is 0 Å². The van der Waals surface area contributed by atoms with Crippen molar-refractivity contribution < 1.29 is 4.79 Å². The molecule has 0 fully saturated rings. The minimum Gasteiger partial charge on any atom is -0.384 e. The van der Waals surface area contributed by atoms with Crippen LogP contribution in [0, 0.1) is 0 Å². The van der Waals surface area contributed by atoms with Crippen LogP contribution in [-0.2, 0) is 4.79 Å². The largest absolute Gasteiger partial charge is 0.384 e. The summed E-state index contributed by atoms with van der Waals surface area (Å²) in [4.78, 5) is 12.9. The lowest BCUT2D eigenvalue weighted by Gasteiger charge is -2.12. The van der Waals surface area contributed by atoms with Gasteiger partial charge in [-0.2, -0.15) is 0 Å². The Morgan fingerprint density at radius 1 is 1.50 bits per heavy atom. The van der Waals surface area contributed by atoms with E-state index in [2.05, 4.69) is 21.2 Å². The minimum absolute atomic E-state index is 0.109. The summed E-state index contributed by atoms with van der Waals surface area (Å²) in [5, 5.41) is 3.86. The molecule has 1 aromatic rings. The zero-order valence-corrected chi connectivity index (χ0v) is 11.6. The van der Waals surface area contributed by atoms with Gasteiger partial charge < -0.3 is 10.2 Å². The Balaban J connectivity index is 2.46. The van der Waals surface area contributed by atoms with E-state index in [1.165, 1.54) is 0 Å². The molecular formula is C11H14BrClN2O. The van der Waals surface area contributed by atoms with Crippen LogP contribution in [0.15, 0.2) is 22.7 Å². The highest BCUT2D eigenvalue weighted by Gasteiger charge is 2.04. The van der Waals surface area contributed by atoms with Crippen molar-refractivity contribution in [2.75, 3.05) is 26.0 Å². The number of halogens is 2. The molecule has 1 aromatic carbocycles. The number of anilines is 1. The van der Waals surface area contributed by atoms with E-state index in [4.69, 9.17) is 11.6 Å². The van der Waals surface area contributed by atoms with Gasteiger partial charge in [0.05, 0.1) is 0 Å². The highest BCUT2D eigenvalue weighted by molar-refractivity contribution is 9.10. The van der Waals surface area contributed by atoms with Crippen molar-refractivity contribution >= 4 is 39.1 Å². The smallest absolute Gasteiger partial charge is 0.223 e. The Labute approximate surface area is 109 Å². The fourth-order valence-corrected chi connectivity index (χ4v) is 1.98. The van der Waals surface area contributed by atoms with E-state index < -0.39 is 0 Å². The highest BCUT2D eigenvalue weighted by atomic mass is 79.9. The molecule has 1 rings (SSSR count). The second kappa shape index (κ2) is 6.11. The minimum atomic E-state index is 0.109. The van der Waals surface area contributed by atoms with Gasteiger partial charge in [-0.15, -0.1) is 0 Å². The lowest BCUT2D eigenvalue weighted by atomic mass is 10.3. The third kappa shape index (κ3) is 4.02. The zero-order valence-electron chi connectivity index (χ0n) is 9.26. The van der Waals surface area contributed by atoms with Gasteiger partial charge in [-0.3, -0.25) is 4.79 Å². The number of amides is 1. The number of benzene rings is 1. The lowest BCUT2D eigenvalue weighted by molar-refractivity contribution is -0.128. The van der Waals surface area contributed by atoms with Crippen molar-refractivity contribution in [3.05, 3.63) is 27.7 Å². The van der Waals surface area contributed by atoms with E-state index in [9.17, 15) is 4.79 Å². The third-order valence-corrected chi connectivity index (χ3v) is 2.98. The van der Waals surface area contributed by atoms with Gasteiger partial charge in [0.25, 0.3) is 0 Å². The number of carbonyl (C=O) groups is 1. The van der Waals surface area contributed by atoms with Crippen LogP contribution >= 0.6 is 27.5 Å². The summed E-state index contributed by atoms with van der Waals surface area (Å²) in [6.45, 7) is 0.608. The Morgan fingerprint density at radius 3 is 2.75 bits per heavy atom. The van der Waals surface area contributed by atoms with Crippen molar-refractivity contribution in [1.29, 1.82) is 0 Å². The third-order valence-electron chi connectivity index (χ3n) is 2.08. The number of hydrogen-bond donors (Lipinski definition) is 1. The molecule has 1 N–H and O–H groups in total. The summed E-state index contributed by atoms with van der Waals surface area (Å²) in [6.07, 6.45) is 0.474. The number of nitrogens with zero attached hydrogens (tertiary/aromatic N) is 1. The zero-order chi connectivity index (χ0) is 12.1. The molecule has 0 unspecified atom stereocenters. The predicted molar refractivity (Wildman–Crippen MR) is 71.0 cm³/mol. The van der Waals surface area contributed by atoms with Gasteiger partial charge in [0, 0.05) is 42.2 Å². The van der Waals surface area contributed by atoms with Crippen molar-refractivity contribution in [3.8, 4) is 0 Å². The number of rotatable bonds is 4. The first kappa shape index (κ1) is 13.3. The monoisotopic (exact) mass is 304 g/mol. The standard InChI is InChI=1S/C11H14BrClN2O/c1-15(2)11(16)5-6-14-10-4-3-8(13)7-9(10)12/h3-4,7,14H,5-6H2,1-2H3. The van der Waals surface area contributed by atoms with Crippen LogP contribution in [0.2, 0.25) is 5.02 Å². The number of hydrogen-bond acceptors (Lipinski definition) is 2. The van der Waals surface area contributed by atoms with E-state index in [1.807, 2.05) is 18.2 Å². The van der Waals surface area contributed by atoms with E-state index in [-0.39, 0.29) is 5.91 Å². The summed E-state index contributed by atoms with van der Waals surface area (Å²) >= 11 is 9.23. The normalized spacial score (nSPS) is 10.0. The van der Waals surface area contributed by atoms with Crippen LogP contribution in [0.25, 0.3) is 0 Å². The van der Waals surface area contributed by atoms with Crippen LogP contribution in [0.4, 0.5) is 5.69 Å². The molecule has 0 aromatic heterocycles. The van der Waals surface area contributed by atoms with Gasteiger partial charge >= 0.3 is 0 Å². The molecule has 0 bridgehead atoms. The molecule has 0 saturated carbocycles. The summed E-state index contributed by atoms with van der Waals surface area (Å²) in [6, 6.07) is 5.51. The van der Waals surface area contributed by atoms with Gasteiger partial charge in [-0.1, -0.05) is 11.6 Å². The van der Waals surface area contributed by atoms with E-state index in [0.717, 1.165) is 10.2 Å². The number of nitrogens with one attached hydrogen (secondary N) is 1. The predicted octanol–water partition coefficient (Wildman–Crippen LogP) is 2.99. The topological polar surface area (TPSA) is 32.3 Å². The van der Waals surface area contributed by atoms with Gasteiger partial charge in [-0.05, 0) is 34.1 Å². The second-order valence-corrected chi connectivity index (χ2v) is 4.88. The van der Waals surface area contributed by atoms with Crippen molar-refractivity contribution in [2.24, 2.45) is 0 Å². The summed E-state index contributed by atoms with van der Waals surface area (Å²) in [5.41, 5.74) is 0.941. The Kier molecular flexibility index (Phi) is 5.09. The molecular weight excluding hydrogens is 291 g/mol. The molecule has 0 aliphatic rings. The van der Waals surface area contributed by atoms with Gasteiger partial charge in [0.2, 0.25) is 5.91 Å². The highest BCUT2D eigenvalue weighted by Crippen LogP contribution is 2.25. The van der Waals surface area contributed by atoms with Crippen LogP contribution in [0.3, 0.4) is 0 Å². The lowest BCUT2D eigenvalue weighted by Crippen LogP contribution is -2.23. The summed E-state index contributed by atoms with van der Waals surface area (Å²) in [7, 11) is 3.50. The molecule has 88 valence electrons. The molecule has 0 atom stereocenters. The van der Waals surface area contributed by atoms with Gasteiger partial charge in [0.15, 0.2) is 0 Å². The fourth-order valence-electron chi connectivity index (χ4n) is 1.16. The maximum Gasteiger partial charge on any atom is 0.223 e. The summed E-state index contributed by atoms with van der Waals surface area (Å²) < 4.78 is 0.900. The summed E-state index contributed by atoms with van der Waals surface area (Å²) in [5.74, 6) is 0.109. The van der Waals surface area contributed by atoms with Crippen molar-refractivity contribution in [1.82, 2.24) is 4.90 Å². The quantitative estimate of drug-likeness (QED) is 0.927. The van der Waals surface area contributed by atoms with E-state index in [0.29, 0.717) is 18.0 Å². The SMILES string of the molecule is CN(C)C(=O)CCNc1ccc(Cl)cc1Br. The first-order valence-electron chi connectivity index (χ1n) is 4.90. The fraction of sp³-hybridized carbons (Fsp3) is 0.364. The van der Waals surface area contributed by atoms with Crippen molar-refractivity contribution in [2.45, 2.75) is 6.42 Å². The molecule has 0 heterocycles. The van der Waals surface area contributed by atoms with Crippen LogP contribution in [0.1, 0.15) is 6.42 Å². The van der Waals surface area contributed by atoms with E-state index >= 15 is 0 Å². The average Bonchev–Trinajstić information content (AvgIpc) is 2.20. The average molecular weight is 306 g/mol. The maximum atomic E-state index is 11.3. The molecule has 0 aliphatic heterocycles. The molecule has 0 saturated heterocycles. The Hall–Kier alpha value is -0.740. The van der Waals surface area contributed by atoms with Crippen LogP contribution < -0.4 is 5.32 Å². The maximum absolute atomic E-state index is 11.3. The van der Waals surface area contributed by atoms with Gasteiger partial charge in [0.1, 0.15) is 0 Å². The molecule has 1 amide bonds. The van der Waals surface area contributed by atoms with Crippen molar-refractivity contribution in [3.63, 3.8) is 0 Å². The second-order valence-electron chi connectivity index (χ2n) is 3.59. The molecule has 0 radical (unpaired) electrons. The van der Waals surface area contributed by atoms with Crippen LogP contribution in [-0.4, -0.2) is 31.4 Å². The first-order chi connectivity index (χ1) is 7.50. The molecule has 5 heteroatoms. The van der Waals surface area contributed by atoms with Crippen LogP contribution in [0.5, 0.6) is 0 Å². The molecule has 3 nitrogen and oxygen atoms in total. The molecule has 0 aliphatic carbocycles. The first-order valence-corrected chi connectivity index (χ1v) is 6.07. The Bertz CT molecular complexity index is 382. The molecule has 0 spiro atoms. The number of carbonyl (C=O) groups excluding carboxylic acids is 1. The van der Waals surface area contributed by atoms with E-state index in [1.54, 1.807) is 19.0 Å². The molecule has 16 heavy (non-hydrogen) atoms. The Morgan fingerprint density at radius 2 is 2.19 bits per heavy atom.